The van der Waals surface area contributed by atoms with Gasteiger partial charge in [0.05, 0.1) is 0 Å². The molecule has 0 saturated heterocycles. The Kier molecular flexibility index (Phi) is 1.59. The Morgan fingerprint density at radius 1 is 1.73 bits per heavy atom. The van der Waals surface area contributed by atoms with Gasteiger partial charge in [0.2, 0.25) is 0 Å². The van der Waals surface area contributed by atoms with Gasteiger partial charge in [0.1, 0.15) is 5.82 Å². The first-order valence-corrected chi connectivity index (χ1v) is 2.70. The Morgan fingerprint density at radius 2 is 2.36 bits per heavy atom. The molecule has 0 spiro atoms. The van der Waals surface area contributed by atoms with E-state index in [0.717, 1.165) is 6.20 Å². The van der Waals surface area contributed by atoms with Gasteiger partial charge >= 0.3 is 11.8 Å². The molecule has 0 aliphatic carbocycles. The fourth-order valence-corrected chi connectivity index (χ4v) is 0.562. The first-order valence-electron chi connectivity index (χ1n) is 2.70. The number of nitrogens with two attached hydrogens (primary N) is 1. The molecule has 0 aliphatic rings. The van der Waals surface area contributed by atoms with Crippen LogP contribution in [-0.4, -0.2) is 20.8 Å². The second-order valence-electron chi connectivity index (χ2n) is 1.79. The maximum atomic E-state index is 10.7. The van der Waals surface area contributed by atoms with Crippen LogP contribution in [0.15, 0.2) is 17.1 Å². The fraction of sp³-hybridized carbons (Fsp3) is 0. The third-order valence-electron chi connectivity index (χ3n) is 1.03. The average molecular weight is 155 g/mol. The van der Waals surface area contributed by atoms with Crippen molar-refractivity contribution in [3.8, 4) is 0 Å². The van der Waals surface area contributed by atoms with E-state index in [1.807, 2.05) is 0 Å². The molecule has 58 valence electrons. The largest absolute Gasteiger partial charge is 0.464 e. The summed E-state index contributed by atoms with van der Waals surface area (Å²) in [5.41, 5.74) is 4.22. The van der Waals surface area contributed by atoms with Gasteiger partial charge in [-0.1, -0.05) is 0 Å². The van der Waals surface area contributed by atoms with Crippen molar-refractivity contribution in [2.75, 3.05) is 5.73 Å². The van der Waals surface area contributed by atoms with Crippen LogP contribution in [0.25, 0.3) is 0 Å². The van der Waals surface area contributed by atoms with E-state index in [1.54, 1.807) is 0 Å². The molecule has 1 rings (SSSR count). The summed E-state index contributed by atoms with van der Waals surface area (Å²) in [6.07, 6.45) is -0.324. The molecule has 0 aliphatic heterocycles. The smallest absolute Gasteiger partial charge is 0.419 e. The minimum absolute atomic E-state index is 0.00694. The molecule has 0 amide bonds. The van der Waals surface area contributed by atoms with Crippen LogP contribution in [0.3, 0.4) is 0 Å². The van der Waals surface area contributed by atoms with Crippen molar-refractivity contribution in [3.05, 3.63) is 22.7 Å². The quantitative estimate of drug-likeness (QED) is 0.518. The molecule has 0 aromatic carbocycles. The monoisotopic (exact) mass is 155 g/mol. The maximum absolute atomic E-state index is 10.7. The Bertz CT molecular complexity index is 343. The average Bonchev–Trinajstić information content (AvgIpc) is 1.85. The minimum Gasteiger partial charge on any atom is -0.464 e. The van der Waals surface area contributed by atoms with Gasteiger partial charge in [0, 0.05) is 6.20 Å². The zero-order valence-electron chi connectivity index (χ0n) is 5.39. The van der Waals surface area contributed by atoms with Gasteiger partial charge in [0.25, 0.3) is 0 Å². The molecule has 1 heterocycles. The Morgan fingerprint density at radius 3 is 2.82 bits per heavy atom. The van der Waals surface area contributed by atoms with Gasteiger partial charge in [-0.25, -0.2) is 14.2 Å². The predicted octanol–water partition coefficient (Wildman–Crippen LogP) is -0.648. The molecule has 1 aromatic rings. The summed E-state index contributed by atoms with van der Waals surface area (Å²) < 4.78 is 0.441. The normalized spacial score (nSPS) is 9.45. The van der Waals surface area contributed by atoms with Gasteiger partial charge in [-0.2, -0.15) is 4.98 Å². The maximum Gasteiger partial charge on any atom is 0.419 e. The molecule has 0 unspecified atom stereocenters. The van der Waals surface area contributed by atoms with Crippen LogP contribution in [0, 0.1) is 0 Å². The second kappa shape index (κ2) is 2.41. The molecule has 0 radical (unpaired) electrons. The van der Waals surface area contributed by atoms with E-state index in [2.05, 4.69) is 4.98 Å². The molecule has 6 heteroatoms. The zero-order valence-corrected chi connectivity index (χ0v) is 5.39. The van der Waals surface area contributed by atoms with Crippen LogP contribution < -0.4 is 11.4 Å². The lowest BCUT2D eigenvalue weighted by Gasteiger charge is -1.95. The minimum atomic E-state index is -1.37. The van der Waals surface area contributed by atoms with Gasteiger partial charge < -0.3 is 10.8 Å². The van der Waals surface area contributed by atoms with E-state index < -0.39 is 11.8 Å². The number of hydrogen-bond donors (Lipinski definition) is 2. The van der Waals surface area contributed by atoms with E-state index in [0.29, 0.717) is 4.57 Å². The van der Waals surface area contributed by atoms with Crippen molar-refractivity contribution in [2.45, 2.75) is 0 Å². The van der Waals surface area contributed by atoms with Crippen molar-refractivity contribution in [2.24, 2.45) is 0 Å². The van der Waals surface area contributed by atoms with Crippen LogP contribution in [0.1, 0.15) is 0 Å². The number of aromatic nitrogens is 2. The van der Waals surface area contributed by atoms with Crippen LogP contribution in [0.2, 0.25) is 0 Å². The Balaban J connectivity index is 3.32. The lowest BCUT2D eigenvalue weighted by molar-refractivity contribution is 0.195. The highest BCUT2D eigenvalue weighted by atomic mass is 16.4. The van der Waals surface area contributed by atoms with E-state index >= 15 is 0 Å². The SMILES string of the molecule is Nc1ccn(C(=O)O)c(=O)n1. The third kappa shape index (κ3) is 1.34. The molecule has 0 fully saturated rings. The number of hydrogen-bond acceptors (Lipinski definition) is 4. The zero-order chi connectivity index (χ0) is 8.43. The number of carbonyl (C=O) groups is 1. The highest BCUT2D eigenvalue weighted by Crippen LogP contribution is 1.88. The van der Waals surface area contributed by atoms with Crippen molar-refractivity contribution in [3.63, 3.8) is 0 Å². The molecular weight excluding hydrogens is 150 g/mol. The summed E-state index contributed by atoms with van der Waals surface area (Å²) in [6, 6.07) is 1.23. The number of anilines is 1. The molecular formula is C5H5N3O3. The summed E-state index contributed by atoms with van der Waals surface area (Å²) in [5.74, 6) is 0.00694. The first-order chi connectivity index (χ1) is 5.11. The molecule has 0 saturated carbocycles. The van der Waals surface area contributed by atoms with E-state index in [9.17, 15) is 9.59 Å². The van der Waals surface area contributed by atoms with Crippen LogP contribution >= 0.6 is 0 Å². The number of nitrogens with zero attached hydrogens (tertiary/aromatic N) is 2. The second-order valence-corrected chi connectivity index (χ2v) is 1.79. The molecule has 0 atom stereocenters. The third-order valence-corrected chi connectivity index (χ3v) is 1.03. The van der Waals surface area contributed by atoms with Crippen LogP contribution in [-0.2, 0) is 0 Å². The molecule has 3 N–H and O–H groups in total. The molecule has 11 heavy (non-hydrogen) atoms. The lowest BCUT2D eigenvalue weighted by Crippen LogP contribution is -2.27. The fourth-order valence-electron chi connectivity index (χ4n) is 0.562. The topological polar surface area (TPSA) is 98.2 Å². The van der Waals surface area contributed by atoms with E-state index in [4.69, 9.17) is 10.8 Å². The highest BCUT2D eigenvalue weighted by molar-refractivity contribution is 5.67. The van der Waals surface area contributed by atoms with E-state index in [-0.39, 0.29) is 5.82 Å². The highest BCUT2D eigenvalue weighted by Gasteiger charge is 2.03. The Labute approximate surface area is 60.9 Å². The van der Waals surface area contributed by atoms with Crippen molar-refractivity contribution in [1.82, 2.24) is 9.55 Å². The predicted molar refractivity (Wildman–Crippen MR) is 36.3 cm³/mol. The van der Waals surface area contributed by atoms with Crippen LogP contribution in [0.5, 0.6) is 0 Å². The van der Waals surface area contributed by atoms with Gasteiger partial charge in [-0.15, -0.1) is 0 Å². The Hall–Kier alpha value is -1.85. The summed E-state index contributed by atoms with van der Waals surface area (Å²) in [6.45, 7) is 0. The number of carboxylic acid groups (broad SMARTS) is 1. The summed E-state index contributed by atoms with van der Waals surface area (Å²) >= 11 is 0. The van der Waals surface area contributed by atoms with Gasteiger partial charge in [0.15, 0.2) is 0 Å². The lowest BCUT2D eigenvalue weighted by atomic mass is 10.6. The molecule has 0 bridgehead atoms. The summed E-state index contributed by atoms with van der Waals surface area (Å²) in [4.78, 5) is 24.1. The standard InChI is InChI=1S/C5H5N3O3/c6-3-1-2-8(5(10)11)4(9)7-3/h1-2H,(H,10,11)(H2,6,7,9). The number of nitrogen functional groups attached to an aromatic ring is 1. The summed E-state index contributed by atoms with van der Waals surface area (Å²) in [5, 5.41) is 8.34. The molecule has 1 aromatic heterocycles. The van der Waals surface area contributed by atoms with Crippen molar-refractivity contribution < 1.29 is 9.90 Å². The van der Waals surface area contributed by atoms with Crippen molar-refractivity contribution in [1.29, 1.82) is 0 Å². The molecule has 6 nitrogen and oxygen atoms in total. The summed E-state index contributed by atoms with van der Waals surface area (Å²) in [7, 11) is 0. The van der Waals surface area contributed by atoms with E-state index in [1.165, 1.54) is 6.07 Å². The van der Waals surface area contributed by atoms with Crippen molar-refractivity contribution >= 4 is 11.9 Å². The van der Waals surface area contributed by atoms with Gasteiger partial charge in [-0.05, 0) is 6.07 Å². The first kappa shape index (κ1) is 7.26. The number of rotatable bonds is 0. The van der Waals surface area contributed by atoms with Crippen LogP contribution in [0.4, 0.5) is 10.6 Å². The van der Waals surface area contributed by atoms with Gasteiger partial charge in [-0.3, -0.25) is 0 Å².